The highest BCUT2D eigenvalue weighted by atomic mass is 16.8. The van der Waals surface area contributed by atoms with Crippen LogP contribution in [0.3, 0.4) is 0 Å². The van der Waals surface area contributed by atoms with Crippen LogP contribution in [-0.2, 0) is 52.2 Å². The van der Waals surface area contributed by atoms with Gasteiger partial charge >= 0.3 is 5.97 Å². The molecule has 0 aromatic rings. The summed E-state index contributed by atoms with van der Waals surface area (Å²) >= 11 is 0. The molecule has 10 aliphatic rings. The Labute approximate surface area is 449 Å². The zero-order chi connectivity index (χ0) is 55.9. The number of aliphatic hydroxyl groups is 12. The minimum atomic E-state index is -1.94. The maximum Gasteiger partial charge on any atom is 0.302 e. The molecule has 0 amide bonds. The standard InChI is InChI=1S/C54H88O23/c1-23(57)71-33-17-48(2,3)15-30-53(33)22-70-54(30)14-10-29-50(6)12-11-32(49(4,5)28(50)9-13-51(29,7)52(54,8)16-31(53)59)75-44-39(65)36(62)27(21-69-44)74-47-43(77-45-38(64)34(60)24(58)20-68-45)41(67)42(26(19-56)73-47)76-46-40(66)37(63)35(61)25(18-55)72-46/h24-47,55-56,58-67H,9-22H2,1-8H3/t24-,25-,26-,27+,28+,29-,30-,31-,32+,33+,34+,35-,36+,37+,38-,39-,40-,41+,42-,43-,44+,45+,46+,47+,50+,51-,52+,53+,54+/m1/s1. The zero-order valence-electron chi connectivity index (χ0n) is 45.6. The summed E-state index contributed by atoms with van der Waals surface area (Å²) in [5, 5.41) is 131. The number of hydrogen-bond donors (Lipinski definition) is 12. The van der Waals surface area contributed by atoms with Crippen molar-refractivity contribution < 1.29 is 113 Å². The molecule has 10 rings (SSSR count). The molecule has 5 heterocycles. The summed E-state index contributed by atoms with van der Waals surface area (Å²) < 4.78 is 61.2. The van der Waals surface area contributed by atoms with Crippen molar-refractivity contribution in [3.63, 3.8) is 0 Å². The Kier molecular flexibility index (Phi) is 15.9. The first-order chi connectivity index (χ1) is 36.1. The number of aliphatic hydroxyl groups excluding tert-OH is 12. The zero-order valence-corrected chi connectivity index (χ0v) is 45.6. The number of hydrogen-bond acceptors (Lipinski definition) is 23. The van der Waals surface area contributed by atoms with Crippen LogP contribution in [0.15, 0.2) is 0 Å². The van der Waals surface area contributed by atoms with E-state index in [9.17, 15) is 66.1 Å². The molecule has 5 saturated carbocycles. The second-order valence-electron chi connectivity index (χ2n) is 26.9. The lowest BCUT2D eigenvalue weighted by Gasteiger charge is -2.75. The highest BCUT2D eigenvalue weighted by molar-refractivity contribution is 5.66. The van der Waals surface area contributed by atoms with Crippen molar-refractivity contribution in [1.82, 2.24) is 0 Å². The summed E-state index contributed by atoms with van der Waals surface area (Å²) in [4.78, 5) is 12.6. The normalized spacial score (nSPS) is 56.0. The quantitative estimate of drug-likeness (QED) is 0.0825. The van der Waals surface area contributed by atoms with Crippen LogP contribution in [0, 0.1) is 50.2 Å². The number of carbonyl (C=O) groups is 1. The molecule has 77 heavy (non-hydrogen) atoms. The summed E-state index contributed by atoms with van der Waals surface area (Å²) in [6, 6.07) is 0. The molecule has 2 bridgehead atoms. The van der Waals surface area contributed by atoms with E-state index in [0.29, 0.717) is 25.9 Å². The first-order valence-electron chi connectivity index (χ1n) is 28.1. The first-order valence-corrected chi connectivity index (χ1v) is 28.1. The van der Waals surface area contributed by atoms with Gasteiger partial charge in [-0.1, -0.05) is 48.5 Å². The number of fused-ring (bicyclic) bond motifs is 4. The average Bonchev–Trinajstić information content (AvgIpc) is 3.26. The lowest BCUT2D eigenvalue weighted by molar-refractivity contribution is -0.394. The number of esters is 1. The second-order valence-corrected chi connectivity index (χ2v) is 26.9. The summed E-state index contributed by atoms with van der Waals surface area (Å²) in [6.07, 6.45) is -24.7. The molecule has 23 heteroatoms. The van der Waals surface area contributed by atoms with Gasteiger partial charge in [0.2, 0.25) is 0 Å². The Morgan fingerprint density at radius 1 is 0.558 bits per heavy atom. The van der Waals surface area contributed by atoms with Crippen LogP contribution in [0.1, 0.15) is 113 Å². The van der Waals surface area contributed by atoms with Crippen molar-refractivity contribution in [3.8, 4) is 0 Å². The lowest BCUT2D eigenvalue weighted by atomic mass is 9.30. The van der Waals surface area contributed by atoms with Gasteiger partial charge in [-0.2, -0.15) is 0 Å². The average molecular weight is 1110 g/mol. The van der Waals surface area contributed by atoms with E-state index >= 15 is 0 Å². The molecule has 0 radical (unpaired) electrons. The topological polar surface area (TPSA) is 352 Å². The van der Waals surface area contributed by atoms with Gasteiger partial charge in [-0.25, -0.2) is 0 Å². The van der Waals surface area contributed by atoms with E-state index in [1.807, 2.05) is 0 Å². The van der Waals surface area contributed by atoms with Gasteiger partial charge in [0.15, 0.2) is 25.2 Å². The van der Waals surface area contributed by atoms with E-state index < -0.39 is 165 Å². The van der Waals surface area contributed by atoms with E-state index in [2.05, 4.69) is 48.5 Å². The van der Waals surface area contributed by atoms with Crippen molar-refractivity contribution in [2.45, 2.75) is 248 Å². The third-order valence-corrected chi connectivity index (χ3v) is 22.1. The van der Waals surface area contributed by atoms with Gasteiger partial charge in [0.1, 0.15) is 91.6 Å². The van der Waals surface area contributed by atoms with E-state index in [1.165, 1.54) is 6.92 Å². The third kappa shape index (κ3) is 9.04. The van der Waals surface area contributed by atoms with E-state index in [-0.39, 0.29) is 52.0 Å². The Morgan fingerprint density at radius 2 is 1.18 bits per heavy atom. The predicted octanol–water partition coefficient (Wildman–Crippen LogP) is -1.53. The van der Waals surface area contributed by atoms with Crippen molar-refractivity contribution in [1.29, 1.82) is 0 Å². The van der Waals surface area contributed by atoms with Crippen LogP contribution >= 0.6 is 0 Å². The number of ether oxygens (including phenoxy) is 10. The summed E-state index contributed by atoms with van der Waals surface area (Å²) in [5.41, 5.74) is -2.44. The van der Waals surface area contributed by atoms with Gasteiger partial charge < -0.3 is 109 Å². The highest BCUT2D eigenvalue weighted by Crippen LogP contribution is 2.81. The van der Waals surface area contributed by atoms with Gasteiger partial charge in [0.05, 0.1) is 56.3 Å². The number of carbonyl (C=O) groups excluding carboxylic acids is 1. The van der Waals surface area contributed by atoms with E-state index in [0.717, 1.165) is 38.5 Å². The molecule has 0 aromatic heterocycles. The minimum Gasteiger partial charge on any atom is -0.462 e. The Hall–Kier alpha value is -1.37. The molecule has 442 valence electrons. The molecule has 5 aliphatic carbocycles. The van der Waals surface area contributed by atoms with E-state index in [4.69, 9.17) is 47.4 Å². The van der Waals surface area contributed by atoms with Crippen LogP contribution in [0.25, 0.3) is 0 Å². The SMILES string of the molecule is CC(=O)O[C@H]1CC(C)(C)C[C@@H]2[C@]13CO[C@@]21CC[C@@H]2[C@@]4(C)CC[C@H](O[C@@H]5OC[C@H](O[C@@H]6O[C@H](CO)[C@@H](O[C@@H]7O[C@H](CO)[C@@H](O)[C@H](O)[C@H]7O)[C@H](O)[C@H]6O[C@@H]6OC[C@@H](O)[C@H](O)[C@H]6O)[C@H](O)[C@H]5O)C(C)(C)[C@@H]4CC[C@@]2(C)[C@]1(C)C[C@H]3O. The van der Waals surface area contributed by atoms with Crippen LogP contribution in [0.4, 0.5) is 0 Å². The summed E-state index contributed by atoms with van der Waals surface area (Å²) in [5.74, 6) is 0.148. The fourth-order valence-electron chi connectivity index (χ4n) is 17.9. The molecule has 5 saturated heterocycles. The molecular weight excluding hydrogens is 1020 g/mol. The maximum atomic E-state index is 12.6. The lowest BCUT2D eigenvalue weighted by Crippen LogP contribution is -2.75. The largest absolute Gasteiger partial charge is 0.462 e. The Morgan fingerprint density at radius 3 is 1.87 bits per heavy atom. The third-order valence-electron chi connectivity index (χ3n) is 22.1. The number of rotatable bonds is 11. The molecule has 12 N–H and O–H groups in total. The van der Waals surface area contributed by atoms with Gasteiger partial charge in [-0.05, 0) is 91.3 Å². The maximum absolute atomic E-state index is 12.6. The molecule has 0 aromatic carbocycles. The molecule has 29 atom stereocenters. The van der Waals surface area contributed by atoms with Crippen LogP contribution in [-0.4, -0.2) is 235 Å². The smallest absolute Gasteiger partial charge is 0.302 e. The van der Waals surface area contributed by atoms with Crippen molar-refractivity contribution in [3.05, 3.63) is 0 Å². The summed E-state index contributed by atoms with van der Waals surface area (Å²) in [6.45, 7) is 15.4. The van der Waals surface area contributed by atoms with Gasteiger partial charge in [-0.3, -0.25) is 4.79 Å². The first kappa shape index (κ1) is 58.8. The fourth-order valence-corrected chi connectivity index (χ4v) is 17.9. The second kappa shape index (κ2) is 20.8. The van der Waals surface area contributed by atoms with Crippen molar-refractivity contribution in [2.75, 3.05) is 33.0 Å². The highest BCUT2D eigenvalue weighted by Gasteiger charge is 2.82. The van der Waals surface area contributed by atoms with Crippen LogP contribution < -0.4 is 0 Å². The van der Waals surface area contributed by atoms with Crippen molar-refractivity contribution >= 4 is 5.97 Å². The Bertz CT molecular complexity index is 2120. The monoisotopic (exact) mass is 1100 g/mol. The molecule has 0 unspecified atom stereocenters. The van der Waals surface area contributed by atoms with Gasteiger partial charge in [-0.15, -0.1) is 0 Å². The molecule has 1 spiro atoms. The van der Waals surface area contributed by atoms with Crippen LogP contribution in [0.5, 0.6) is 0 Å². The van der Waals surface area contributed by atoms with Crippen molar-refractivity contribution in [2.24, 2.45) is 50.2 Å². The molecule has 5 aliphatic heterocycles. The van der Waals surface area contributed by atoms with Gasteiger partial charge in [0.25, 0.3) is 0 Å². The Balaban J connectivity index is 0.829. The molecule has 23 nitrogen and oxygen atoms in total. The minimum absolute atomic E-state index is 0.0214. The fraction of sp³-hybridized carbons (Fsp3) is 0.981. The molecular formula is C54H88O23. The predicted molar refractivity (Wildman–Crippen MR) is 261 cm³/mol. The van der Waals surface area contributed by atoms with Gasteiger partial charge in [0, 0.05) is 18.3 Å². The van der Waals surface area contributed by atoms with E-state index in [1.54, 1.807) is 0 Å². The summed E-state index contributed by atoms with van der Waals surface area (Å²) in [7, 11) is 0. The van der Waals surface area contributed by atoms with Crippen LogP contribution in [0.2, 0.25) is 0 Å². The molecule has 10 fully saturated rings.